The van der Waals surface area contributed by atoms with Crippen LogP contribution in [0, 0.1) is 6.92 Å². The molecule has 0 radical (unpaired) electrons. The van der Waals surface area contributed by atoms with E-state index in [1.165, 1.54) is 5.69 Å². The highest BCUT2D eigenvalue weighted by Gasteiger charge is 2.14. The van der Waals surface area contributed by atoms with E-state index in [0.717, 1.165) is 22.6 Å². The number of hydrogen-bond acceptors (Lipinski definition) is 3. The number of nitrogens with zero attached hydrogens (tertiary/aromatic N) is 2. The van der Waals surface area contributed by atoms with Crippen LogP contribution in [-0.4, -0.2) is 0 Å². The normalized spacial score (nSPS) is 12.3. The second-order valence-corrected chi connectivity index (χ2v) is 3.84. The average Bonchev–Trinajstić information content (AvgIpc) is 3.06. The third-order valence-corrected chi connectivity index (χ3v) is 2.60. The Hall–Kier alpha value is -2.16. The molecule has 2 aromatic carbocycles. The van der Waals surface area contributed by atoms with Crippen molar-refractivity contribution in [3.63, 3.8) is 0 Å². The van der Waals surface area contributed by atoms with Crippen LogP contribution in [0.5, 0.6) is 0 Å². The monoisotopic (exact) mass is 209 g/mol. The van der Waals surface area contributed by atoms with Crippen LogP contribution >= 0.6 is 0 Å². The van der Waals surface area contributed by atoms with Gasteiger partial charge >= 0.3 is 0 Å². The number of rotatable bonds is 2. The maximum Gasteiger partial charge on any atom is 0.0886 e. The zero-order valence-corrected chi connectivity index (χ0v) is 8.94. The molecular weight excluding hydrogens is 198 g/mol. The predicted octanol–water partition coefficient (Wildman–Crippen LogP) is 4.47. The van der Waals surface area contributed by atoms with Gasteiger partial charge in [0, 0.05) is 0 Å². The van der Waals surface area contributed by atoms with Crippen LogP contribution < -0.4 is 5.32 Å². The van der Waals surface area contributed by atoms with Crippen molar-refractivity contribution < 1.29 is 0 Å². The van der Waals surface area contributed by atoms with Gasteiger partial charge in [-0.2, -0.15) is 10.2 Å². The molecule has 1 N–H and O–H groups in total. The molecule has 0 atom stereocenters. The Kier molecular flexibility index (Phi) is 1.96. The van der Waals surface area contributed by atoms with E-state index in [9.17, 15) is 0 Å². The summed E-state index contributed by atoms with van der Waals surface area (Å²) in [5, 5.41) is 11.6. The van der Waals surface area contributed by atoms with Gasteiger partial charge in [0.25, 0.3) is 0 Å². The molecule has 3 heteroatoms. The van der Waals surface area contributed by atoms with E-state index in [2.05, 4.69) is 15.5 Å². The number of benzene rings is 2. The Morgan fingerprint density at radius 2 is 1.81 bits per heavy atom. The number of anilines is 2. The van der Waals surface area contributed by atoms with E-state index >= 15 is 0 Å². The van der Waals surface area contributed by atoms with Crippen LogP contribution in [0.25, 0.3) is 0 Å². The number of nitrogens with one attached hydrogen (secondary N) is 1. The lowest BCUT2D eigenvalue weighted by Gasteiger charge is -1.96. The van der Waals surface area contributed by atoms with Gasteiger partial charge in [0.05, 0.1) is 22.7 Å². The summed E-state index contributed by atoms with van der Waals surface area (Å²) in [6.07, 6.45) is 0. The zero-order valence-electron chi connectivity index (χ0n) is 8.94. The van der Waals surface area contributed by atoms with Crippen LogP contribution in [0.2, 0.25) is 0 Å². The van der Waals surface area contributed by atoms with Gasteiger partial charge in [-0.15, -0.1) is 0 Å². The van der Waals surface area contributed by atoms with E-state index in [4.69, 9.17) is 0 Å². The van der Waals surface area contributed by atoms with Gasteiger partial charge in [-0.05, 0) is 36.8 Å². The second-order valence-electron chi connectivity index (χ2n) is 3.84. The SMILES string of the molecule is Cc1ccccc1/N=N\c1ccc2c(c1)N2. The van der Waals surface area contributed by atoms with Crippen molar-refractivity contribution in [1.82, 2.24) is 0 Å². The molecule has 0 aromatic heterocycles. The first-order valence-corrected chi connectivity index (χ1v) is 5.21. The smallest absolute Gasteiger partial charge is 0.0886 e. The molecule has 3 rings (SSSR count). The van der Waals surface area contributed by atoms with E-state index in [1.807, 2.05) is 49.4 Å². The van der Waals surface area contributed by atoms with Crippen molar-refractivity contribution in [2.45, 2.75) is 6.92 Å². The van der Waals surface area contributed by atoms with E-state index in [1.54, 1.807) is 0 Å². The lowest BCUT2D eigenvalue weighted by Crippen LogP contribution is -1.70. The molecule has 0 aliphatic carbocycles. The summed E-state index contributed by atoms with van der Waals surface area (Å²) in [5.74, 6) is 0. The molecule has 1 aliphatic heterocycles. The Morgan fingerprint density at radius 1 is 0.938 bits per heavy atom. The Bertz CT molecular complexity index is 573. The van der Waals surface area contributed by atoms with E-state index < -0.39 is 0 Å². The molecular formula is C13H11N3. The minimum Gasteiger partial charge on any atom is -0.352 e. The summed E-state index contributed by atoms with van der Waals surface area (Å²) in [6.45, 7) is 2.03. The maximum absolute atomic E-state index is 4.24. The van der Waals surface area contributed by atoms with Crippen molar-refractivity contribution in [2.24, 2.45) is 10.2 Å². The Labute approximate surface area is 93.8 Å². The van der Waals surface area contributed by atoms with Crippen molar-refractivity contribution in [3.05, 3.63) is 48.0 Å². The first-order chi connectivity index (χ1) is 7.83. The van der Waals surface area contributed by atoms with Crippen molar-refractivity contribution in [2.75, 3.05) is 5.32 Å². The summed E-state index contributed by atoms with van der Waals surface area (Å²) in [5.41, 5.74) is 5.28. The molecule has 0 amide bonds. The summed E-state index contributed by atoms with van der Waals surface area (Å²) >= 11 is 0. The highest BCUT2D eigenvalue weighted by atomic mass is 15.1. The number of azo groups is 1. The van der Waals surface area contributed by atoms with Gasteiger partial charge in [-0.25, -0.2) is 0 Å². The van der Waals surface area contributed by atoms with Crippen LogP contribution in [0.15, 0.2) is 52.7 Å². The largest absolute Gasteiger partial charge is 0.352 e. The second kappa shape index (κ2) is 3.45. The Morgan fingerprint density at radius 3 is 2.62 bits per heavy atom. The van der Waals surface area contributed by atoms with Gasteiger partial charge < -0.3 is 5.32 Å². The first-order valence-electron chi connectivity index (χ1n) is 5.21. The minimum absolute atomic E-state index is 0.881. The molecule has 0 saturated carbocycles. The molecule has 0 bridgehead atoms. The maximum atomic E-state index is 4.24. The topological polar surface area (TPSA) is 46.7 Å². The van der Waals surface area contributed by atoms with Gasteiger partial charge in [0.15, 0.2) is 0 Å². The lowest BCUT2D eigenvalue weighted by atomic mass is 10.2. The fourth-order valence-electron chi connectivity index (χ4n) is 1.57. The molecule has 0 saturated heterocycles. The average molecular weight is 209 g/mol. The Balaban J connectivity index is 1.87. The van der Waals surface area contributed by atoms with Crippen molar-refractivity contribution in [3.8, 4) is 0 Å². The lowest BCUT2D eigenvalue weighted by molar-refractivity contribution is 1.21. The molecule has 78 valence electrons. The summed E-state index contributed by atoms with van der Waals surface area (Å²) in [7, 11) is 0. The number of hydrogen-bond donors (Lipinski definition) is 1. The van der Waals surface area contributed by atoms with Crippen LogP contribution in [0.1, 0.15) is 5.56 Å². The van der Waals surface area contributed by atoms with Crippen molar-refractivity contribution in [1.29, 1.82) is 0 Å². The molecule has 1 heterocycles. The van der Waals surface area contributed by atoms with Crippen molar-refractivity contribution >= 4 is 22.7 Å². The highest BCUT2D eigenvalue weighted by molar-refractivity contribution is 5.91. The van der Waals surface area contributed by atoms with Gasteiger partial charge in [0.1, 0.15) is 0 Å². The standard InChI is InChI=1S/C13H11N3/c1-9-4-2-3-5-11(9)16-15-10-6-7-12-13(8-10)14-12/h2-8,14H,1H3/b16-15-. The summed E-state index contributed by atoms with van der Waals surface area (Å²) in [4.78, 5) is 0. The summed E-state index contributed by atoms with van der Waals surface area (Å²) < 4.78 is 0. The molecule has 0 spiro atoms. The quantitative estimate of drug-likeness (QED) is 0.491. The van der Waals surface area contributed by atoms with E-state index in [-0.39, 0.29) is 0 Å². The van der Waals surface area contributed by atoms with Gasteiger partial charge in [0.2, 0.25) is 0 Å². The highest BCUT2D eigenvalue weighted by Crippen LogP contribution is 2.41. The molecule has 3 nitrogen and oxygen atoms in total. The molecule has 0 unspecified atom stereocenters. The summed E-state index contributed by atoms with van der Waals surface area (Å²) in [6, 6.07) is 13.9. The number of aryl methyl sites for hydroxylation is 1. The van der Waals surface area contributed by atoms with Crippen LogP contribution in [0.3, 0.4) is 0 Å². The van der Waals surface area contributed by atoms with E-state index in [0.29, 0.717) is 0 Å². The fourth-order valence-corrected chi connectivity index (χ4v) is 1.57. The third kappa shape index (κ3) is 1.67. The fraction of sp³-hybridized carbons (Fsp3) is 0.0769. The van der Waals surface area contributed by atoms with Crippen LogP contribution in [0.4, 0.5) is 22.7 Å². The minimum atomic E-state index is 0.881. The number of fused-ring (bicyclic) bond motifs is 1. The molecule has 0 fully saturated rings. The molecule has 16 heavy (non-hydrogen) atoms. The predicted molar refractivity (Wildman–Crippen MR) is 65.1 cm³/mol. The molecule has 2 aromatic rings. The van der Waals surface area contributed by atoms with Crippen LogP contribution in [-0.2, 0) is 0 Å². The zero-order chi connectivity index (χ0) is 11.0. The molecule has 1 aliphatic rings. The van der Waals surface area contributed by atoms with Gasteiger partial charge in [-0.1, -0.05) is 18.2 Å². The third-order valence-electron chi connectivity index (χ3n) is 2.60. The first kappa shape index (κ1) is 9.09. The van der Waals surface area contributed by atoms with Gasteiger partial charge in [-0.3, -0.25) is 0 Å².